The highest BCUT2D eigenvalue weighted by molar-refractivity contribution is 7.92. The number of nitrogens with one attached hydrogen (secondary N) is 1. The Morgan fingerprint density at radius 2 is 2.29 bits per heavy atom. The quantitative estimate of drug-likeness (QED) is 0.805. The zero-order chi connectivity index (χ0) is 12.5. The molecule has 1 fully saturated rings. The summed E-state index contributed by atoms with van der Waals surface area (Å²) in [7, 11) is -3.34. The molecule has 0 bridgehead atoms. The normalized spacial score (nSPS) is 15.8. The molecule has 1 saturated carbocycles. The number of sulfonamides is 1. The average Bonchev–Trinajstić information content (AvgIpc) is 2.86. The first-order valence-electron chi connectivity index (χ1n) is 5.11. The van der Waals surface area contributed by atoms with E-state index in [1.54, 1.807) is 5.38 Å². The highest BCUT2D eigenvalue weighted by atomic mass is 32.2. The van der Waals surface area contributed by atoms with Crippen LogP contribution in [-0.2, 0) is 21.2 Å². The van der Waals surface area contributed by atoms with Crippen LogP contribution < -0.4 is 4.72 Å². The topological polar surface area (TPSA) is 96.4 Å². The van der Waals surface area contributed by atoms with E-state index in [-0.39, 0.29) is 23.2 Å². The summed E-state index contributed by atoms with van der Waals surface area (Å²) in [4.78, 5) is 14.4. The minimum atomic E-state index is -3.34. The number of hydrogen-bond acceptors (Lipinski definition) is 5. The number of rotatable bonds is 6. The number of carbonyl (C=O) groups is 1. The fourth-order valence-electron chi connectivity index (χ4n) is 1.36. The van der Waals surface area contributed by atoms with E-state index >= 15 is 0 Å². The van der Waals surface area contributed by atoms with Crippen LogP contribution >= 0.6 is 11.3 Å². The van der Waals surface area contributed by atoms with E-state index in [1.165, 1.54) is 0 Å². The molecule has 6 nitrogen and oxygen atoms in total. The van der Waals surface area contributed by atoms with Crippen molar-refractivity contribution in [3.05, 3.63) is 11.1 Å². The van der Waals surface area contributed by atoms with Crippen LogP contribution in [0.5, 0.6) is 0 Å². The predicted octanol–water partition coefficient (Wildman–Crippen LogP) is 0.922. The number of thiazole rings is 1. The molecule has 0 saturated heterocycles. The molecule has 0 aliphatic heterocycles. The number of hydrogen-bond donors (Lipinski definition) is 2. The van der Waals surface area contributed by atoms with Gasteiger partial charge in [0.1, 0.15) is 0 Å². The summed E-state index contributed by atoms with van der Waals surface area (Å²) in [5.41, 5.74) is 0.367. The lowest BCUT2D eigenvalue weighted by molar-refractivity contribution is -0.136. The number of nitrogens with zero attached hydrogens (tertiary/aromatic N) is 1. The molecule has 1 aliphatic rings. The molecule has 17 heavy (non-hydrogen) atoms. The lowest BCUT2D eigenvalue weighted by atomic mass is 10.3. The third-order valence-electron chi connectivity index (χ3n) is 2.28. The van der Waals surface area contributed by atoms with Gasteiger partial charge in [-0.25, -0.2) is 13.4 Å². The van der Waals surface area contributed by atoms with E-state index < -0.39 is 16.0 Å². The summed E-state index contributed by atoms with van der Waals surface area (Å²) in [5, 5.41) is 10.3. The average molecular weight is 276 g/mol. The highest BCUT2D eigenvalue weighted by Gasteiger charge is 2.28. The monoisotopic (exact) mass is 276 g/mol. The molecule has 0 amide bonds. The van der Waals surface area contributed by atoms with E-state index in [1.807, 2.05) is 0 Å². The molecule has 2 rings (SSSR count). The summed E-state index contributed by atoms with van der Waals surface area (Å²) in [6, 6.07) is 0. The maximum atomic E-state index is 11.6. The van der Waals surface area contributed by atoms with Gasteiger partial charge in [0.05, 0.1) is 17.9 Å². The Hall–Kier alpha value is -1.15. The maximum absolute atomic E-state index is 11.6. The Morgan fingerprint density at radius 1 is 1.59 bits per heavy atom. The molecule has 8 heteroatoms. The molecule has 2 N–H and O–H groups in total. The minimum Gasteiger partial charge on any atom is -0.481 e. The second-order valence-electron chi connectivity index (χ2n) is 4.04. The second kappa shape index (κ2) is 4.61. The van der Waals surface area contributed by atoms with Gasteiger partial charge < -0.3 is 5.11 Å². The summed E-state index contributed by atoms with van der Waals surface area (Å²) >= 11 is 1.10. The zero-order valence-electron chi connectivity index (χ0n) is 8.92. The third-order valence-corrected chi connectivity index (χ3v) is 4.63. The number of carboxylic acid groups (broad SMARTS) is 1. The van der Waals surface area contributed by atoms with E-state index in [2.05, 4.69) is 9.71 Å². The van der Waals surface area contributed by atoms with Crippen molar-refractivity contribution in [2.45, 2.75) is 19.3 Å². The number of anilines is 1. The fraction of sp³-hybridized carbons (Fsp3) is 0.556. The Bertz CT molecular complexity index is 519. The molecule has 94 valence electrons. The Balaban J connectivity index is 1.97. The molecular formula is C9H12N2O4S2. The van der Waals surface area contributed by atoms with E-state index in [4.69, 9.17) is 5.11 Å². The van der Waals surface area contributed by atoms with Crippen molar-refractivity contribution < 1.29 is 18.3 Å². The third kappa shape index (κ3) is 3.97. The van der Waals surface area contributed by atoms with Crippen LogP contribution in [0.1, 0.15) is 18.5 Å². The van der Waals surface area contributed by atoms with Gasteiger partial charge in [0.15, 0.2) is 5.13 Å². The molecule has 0 aromatic carbocycles. The van der Waals surface area contributed by atoms with Crippen molar-refractivity contribution in [2.75, 3.05) is 10.5 Å². The summed E-state index contributed by atoms with van der Waals surface area (Å²) in [6.07, 6.45) is 1.73. The van der Waals surface area contributed by atoms with Gasteiger partial charge in [-0.3, -0.25) is 9.52 Å². The van der Waals surface area contributed by atoms with Gasteiger partial charge in [-0.15, -0.1) is 11.3 Å². The van der Waals surface area contributed by atoms with Gasteiger partial charge in [0, 0.05) is 5.38 Å². The van der Waals surface area contributed by atoms with Crippen LogP contribution in [0.25, 0.3) is 0 Å². The van der Waals surface area contributed by atoms with Crippen molar-refractivity contribution in [1.29, 1.82) is 0 Å². The van der Waals surface area contributed by atoms with Crippen molar-refractivity contribution in [2.24, 2.45) is 5.92 Å². The lowest BCUT2D eigenvalue weighted by Gasteiger charge is -2.02. The van der Waals surface area contributed by atoms with Gasteiger partial charge in [-0.05, 0) is 18.8 Å². The van der Waals surface area contributed by atoms with Crippen LogP contribution in [-0.4, -0.2) is 30.2 Å². The van der Waals surface area contributed by atoms with Crippen LogP contribution in [0.4, 0.5) is 5.13 Å². The van der Waals surface area contributed by atoms with Crippen LogP contribution in [0.3, 0.4) is 0 Å². The van der Waals surface area contributed by atoms with Crippen LogP contribution in [0.15, 0.2) is 5.38 Å². The Morgan fingerprint density at radius 3 is 2.88 bits per heavy atom. The second-order valence-corrected chi connectivity index (χ2v) is 6.67. The molecule has 1 aromatic heterocycles. The van der Waals surface area contributed by atoms with Gasteiger partial charge >= 0.3 is 5.97 Å². The number of aromatic nitrogens is 1. The van der Waals surface area contributed by atoms with Crippen LogP contribution in [0.2, 0.25) is 0 Å². The molecule has 0 atom stereocenters. The first-order valence-corrected chi connectivity index (χ1v) is 7.64. The van der Waals surface area contributed by atoms with Crippen molar-refractivity contribution in [1.82, 2.24) is 4.98 Å². The van der Waals surface area contributed by atoms with E-state index in [0.717, 1.165) is 24.2 Å². The number of aliphatic carboxylic acids is 1. The van der Waals surface area contributed by atoms with Crippen molar-refractivity contribution >= 4 is 32.5 Å². The van der Waals surface area contributed by atoms with E-state index in [9.17, 15) is 13.2 Å². The largest absolute Gasteiger partial charge is 0.481 e. The van der Waals surface area contributed by atoms with Gasteiger partial charge in [0.25, 0.3) is 0 Å². The van der Waals surface area contributed by atoms with Crippen molar-refractivity contribution in [3.63, 3.8) is 0 Å². The minimum absolute atomic E-state index is 0.126. The first-order chi connectivity index (χ1) is 7.94. The van der Waals surface area contributed by atoms with Crippen LogP contribution in [0, 0.1) is 5.92 Å². The lowest BCUT2D eigenvalue weighted by Crippen LogP contribution is -2.17. The smallest absolute Gasteiger partial charge is 0.309 e. The summed E-state index contributed by atoms with van der Waals surface area (Å²) < 4.78 is 25.6. The molecule has 0 spiro atoms. The maximum Gasteiger partial charge on any atom is 0.309 e. The molecule has 1 aromatic rings. The molecule has 0 radical (unpaired) electrons. The number of carboxylic acids is 1. The summed E-state index contributed by atoms with van der Waals surface area (Å²) in [6.45, 7) is 0. The molecular weight excluding hydrogens is 264 g/mol. The van der Waals surface area contributed by atoms with E-state index in [0.29, 0.717) is 5.69 Å². The van der Waals surface area contributed by atoms with Crippen molar-refractivity contribution in [3.8, 4) is 0 Å². The van der Waals surface area contributed by atoms with Gasteiger partial charge in [-0.1, -0.05) is 0 Å². The zero-order valence-corrected chi connectivity index (χ0v) is 10.6. The van der Waals surface area contributed by atoms with Gasteiger partial charge in [0.2, 0.25) is 10.0 Å². The summed E-state index contributed by atoms with van der Waals surface area (Å²) in [5.74, 6) is -0.588. The molecule has 1 heterocycles. The predicted molar refractivity (Wildman–Crippen MR) is 63.6 cm³/mol. The SMILES string of the molecule is O=C(O)Cc1csc(NS(=O)(=O)CC2CC2)n1. The van der Waals surface area contributed by atoms with Gasteiger partial charge in [-0.2, -0.15) is 0 Å². The molecule has 1 aliphatic carbocycles. The Labute approximate surface area is 103 Å². The Kier molecular flexibility index (Phi) is 3.34. The first kappa shape index (κ1) is 12.3. The fourth-order valence-corrected chi connectivity index (χ4v) is 3.84. The standard InChI is InChI=1S/C9H12N2O4S2/c12-8(13)3-7-4-16-9(10-7)11-17(14,15)5-6-1-2-6/h4,6H,1-3,5H2,(H,10,11)(H,12,13). The highest BCUT2D eigenvalue weighted by Crippen LogP contribution is 2.31. The molecule has 0 unspecified atom stereocenters.